The van der Waals surface area contributed by atoms with Gasteiger partial charge in [0.05, 0.1) is 11.3 Å². The first-order valence-corrected chi connectivity index (χ1v) is 7.26. The second-order valence-electron chi connectivity index (χ2n) is 5.90. The lowest BCUT2D eigenvalue weighted by atomic mass is 9.75. The highest BCUT2D eigenvalue weighted by Gasteiger charge is 2.28. The molecule has 0 saturated heterocycles. The monoisotopic (exact) mass is 306 g/mol. The first-order valence-electron chi connectivity index (χ1n) is 6.46. The van der Waals surface area contributed by atoms with Gasteiger partial charge < -0.3 is 5.32 Å². The van der Waals surface area contributed by atoms with Crippen molar-refractivity contribution in [3.63, 3.8) is 0 Å². The highest BCUT2D eigenvalue weighted by molar-refractivity contribution is 9.10. The molecule has 1 aromatic carbocycles. The zero-order valence-electron chi connectivity index (χ0n) is 11.0. The fourth-order valence-electron chi connectivity index (χ4n) is 2.77. The summed E-state index contributed by atoms with van der Waals surface area (Å²) in [7, 11) is 0. The highest BCUT2D eigenvalue weighted by Crippen LogP contribution is 2.36. The molecule has 1 saturated carbocycles. The first-order chi connectivity index (χ1) is 8.50. The molecule has 0 bridgehead atoms. The maximum absolute atomic E-state index is 9.14. The zero-order valence-corrected chi connectivity index (χ0v) is 12.5. The summed E-state index contributed by atoms with van der Waals surface area (Å²) in [6.07, 6.45) is 4.93. The van der Waals surface area contributed by atoms with Crippen molar-refractivity contribution < 1.29 is 0 Å². The van der Waals surface area contributed by atoms with E-state index in [4.69, 9.17) is 5.26 Å². The minimum atomic E-state index is 0.411. The Morgan fingerprint density at radius 1 is 1.44 bits per heavy atom. The molecule has 1 aliphatic carbocycles. The Hall–Kier alpha value is -1.01. The SMILES string of the molecule is CC1(C)CCCC(Nc2cc(Br)ccc2C#N)C1. The van der Waals surface area contributed by atoms with Crippen LogP contribution in [-0.4, -0.2) is 6.04 Å². The summed E-state index contributed by atoms with van der Waals surface area (Å²) in [5.41, 5.74) is 2.09. The molecule has 2 rings (SSSR count). The van der Waals surface area contributed by atoms with Crippen LogP contribution >= 0.6 is 15.9 Å². The Balaban J connectivity index is 2.14. The molecule has 0 heterocycles. The average Bonchev–Trinajstić information content (AvgIpc) is 2.28. The summed E-state index contributed by atoms with van der Waals surface area (Å²) < 4.78 is 1.01. The summed E-state index contributed by atoms with van der Waals surface area (Å²) in [4.78, 5) is 0. The predicted octanol–water partition coefficient (Wildman–Crippen LogP) is 4.70. The molecule has 1 unspecified atom stereocenters. The molecule has 0 spiro atoms. The second-order valence-corrected chi connectivity index (χ2v) is 6.82. The van der Waals surface area contributed by atoms with Crippen molar-refractivity contribution in [2.45, 2.75) is 45.6 Å². The standard InChI is InChI=1S/C15H19BrN2/c1-15(2)7-3-4-13(9-15)18-14-8-12(16)6-5-11(14)10-17/h5-6,8,13,18H,3-4,7,9H2,1-2H3. The normalized spacial score (nSPS) is 22.2. The van der Waals surface area contributed by atoms with E-state index in [-0.39, 0.29) is 0 Å². The van der Waals surface area contributed by atoms with Crippen LogP contribution in [0.4, 0.5) is 5.69 Å². The van der Waals surface area contributed by atoms with Gasteiger partial charge in [0.1, 0.15) is 6.07 Å². The minimum absolute atomic E-state index is 0.411. The number of anilines is 1. The summed E-state index contributed by atoms with van der Waals surface area (Å²) in [5.74, 6) is 0. The van der Waals surface area contributed by atoms with E-state index in [9.17, 15) is 0 Å². The van der Waals surface area contributed by atoms with E-state index in [2.05, 4.69) is 41.2 Å². The molecule has 3 heteroatoms. The lowest BCUT2D eigenvalue weighted by Gasteiger charge is -2.36. The third kappa shape index (κ3) is 3.26. The van der Waals surface area contributed by atoms with Gasteiger partial charge in [-0.25, -0.2) is 0 Å². The number of hydrogen-bond acceptors (Lipinski definition) is 2. The van der Waals surface area contributed by atoms with Crippen LogP contribution in [0.2, 0.25) is 0 Å². The van der Waals surface area contributed by atoms with Gasteiger partial charge in [0.25, 0.3) is 0 Å². The van der Waals surface area contributed by atoms with Crippen molar-refractivity contribution in [3.8, 4) is 6.07 Å². The lowest BCUT2D eigenvalue weighted by Crippen LogP contribution is -2.31. The van der Waals surface area contributed by atoms with Gasteiger partial charge in [0.15, 0.2) is 0 Å². The molecule has 1 N–H and O–H groups in total. The minimum Gasteiger partial charge on any atom is -0.381 e. The molecule has 18 heavy (non-hydrogen) atoms. The quantitative estimate of drug-likeness (QED) is 0.859. The number of halogens is 1. The Morgan fingerprint density at radius 2 is 2.22 bits per heavy atom. The largest absolute Gasteiger partial charge is 0.381 e. The third-order valence-electron chi connectivity index (χ3n) is 3.67. The lowest BCUT2D eigenvalue weighted by molar-refractivity contribution is 0.229. The molecule has 1 aliphatic rings. The molecule has 2 nitrogen and oxygen atoms in total. The molecule has 96 valence electrons. The number of hydrogen-bond donors (Lipinski definition) is 1. The average molecular weight is 307 g/mol. The van der Waals surface area contributed by atoms with E-state index < -0.39 is 0 Å². The van der Waals surface area contributed by atoms with E-state index in [1.165, 1.54) is 25.7 Å². The Morgan fingerprint density at radius 3 is 2.89 bits per heavy atom. The number of nitrogens with one attached hydrogen (secondary N) is 1. The summed E-state index contributed by atoms with van der Waals surface area (Å²) in [6.45, 7) is 4.65. The van der Waals surface area contributed by atoms with Crippen LogP contribution in [0, 0.1) is 16.7 Å². The van der Waals surface area contributed by atoms with E-state index >= 15 is 0 Å². The van der Waals surface area contributed by atoms with Gasteiger partial charge in [-0.2, -0.15) is 5.26 Å². The first kappa shape index (κ1) is 13.4. The maximum atomic E-state index is 9.14. The Labute approximate surface area is 118 Å². The zero-order chi connectivity index (χ0) is 13.2. The third-order valence-corrected chi connectivity index (χ3v) is 4.16. The van der Waals surface area contributed by atoms with Crippen LogP contribution in [0.15, 0.2) is 22.7 Å². The van der Waals surface area contributed by atoms with Crippen LogP contribution in [0.3, 0.4) is 0 Å². The van der Waals surface area contributed by atoms with E-state index in [1.807, 2.05) is 18.2 Å². The van der Waals surface area contributed by atoms with Crippen LogP contribution in [0.5, 0.6) is 0 Å². The molecule has 1 aromatic rings. The number of rotatable bonds is 2. The Kier molecular flexibility index (Phi) is 3.97. The predicted molar refractivity (Wildman–Crippen MR) is 78.5 cm³/mol. The number of nitriles is 1. The van der Waals surface area contributed by atoms with Crippen LogP contribution in [0.1, 0.15) is 45.1 Å². The van der Waals surface area contributed by atoms with Gasteiger partial charge in [-0.1, -0.05) is 36.2 Å². The number of benzene rings is 1. The van der Waals surface area contributed by atoms with Gasteiger partial charge in [-0.05, 0) is 42.9 Å². The van der Waals surface area contributed by atoms with Crippen molar-refractivity contribution in [1.29, 1.82) is 5.26 Å². The molecular weight excluding hydrogens is 288 g/mol. The smallest absolute Gasteiger partial charge is 0.101 e. The molecular formula is C15H19BrN2. The van der Waals surface area contributed by atoms with Crippen molar-refractivity contribution in [2.75, 3.05) is 5.32 Å². The van der Waals surface area contributed by atoms with Gasteiger partial charge in [-0.3, -0.25) is 0 Å². The fourth-order valence-corrected chi connectivity index (χ4v) is 3.14. The maximum Gasteiger partial charge on any atom is 0.101 e. The van der Waals surface area contributed by atoms with Gasteiger partial charge in [0.2, 0.25) is 0 Å². The van der Waals surface area contributed by atoms with E-state index in [1.54, 1.807) is 0 Å². The second kappa shape index (κ2) is 5.32. The van der Waals surface area contributed by atoms with Gasteiger partial charge >= 0.3 is 0 Å². The van der Waals surface area contributed by atoms with Crippen LogP contribution in [-0.2, 0) is 0 Å². The topological polar surface area (TPSA) is 35.8 Å². The van der Waals surface area contributed by atoms with Crippen molar-refractivity contribution in [3.05, 3.63) is 28.2 Å². The summed E-state index contributed by atoms with van der Waals surface area (Å²) in [6, 6.07) is 8.50. The summed E-state index contributed by atoms with van der Waals surface area (Å²) >= 11 is 3.46. The molecule has 0 amide bonds. The van der Waals surface area contributed by atoms with Gasteiger partial charge in [-0.15, -0.1) is 0 Å². The van der Waals surface area contributed by atoms with Crippen LogP contribution < -0.4 is 5.32 Å². The number of nitrogens with zero attached hydrogens (tertiary/aromatic N) is 1. The van der Waals surface area contributed by atoms with Crippen molar-refractivity contribution in [2.24, 2.45) is 5.41 Å². The van der Waals surface area contributed by atoms with Crippen molar-refractivity contribution >= 4 is 21.6 Å². The molecule has 1 atom stereocenters. The van der Waals surface area contributed by atoms with Gasteiger partial charge in [0, 0.05) is 10.5 Å². The molecule has 0 radical (unpaired) electrons. The highest BCUT2D eigenvalue weighted by atomic mass is 79.9. The fraction of sp³-hybridized carbons (Fsp3) is 0.533. The van der Waals surface area contributed by atoms with Crippen LogP contribution in [0.25, 0.3) is 0 Å². The molecule has 1 fully saturated rings. The van der Waals surface area contributed by atoms with E-state index in [0.717, 1.165) is 15.7 Å². The summed E-state index contributed by atoms with van der Waals surface area (Å²) in [5, 5.41) is 12.7. The molecule has 0 aromatic heterocycles. The molecule has 0 aliphatic heterocycles. The van der Waals surface area contributed by atoms with E-state index in [0.29, 0.717) is 11.5 Å². The Bertz CT molecular complexity index is 474. The van der Waals surface area contributed by atoms with Crippen molar-refractivity contribution in [1.82, 2.24) is 0 Å².